The summed E-state index contributed by atoms with van der Waals surface area (Å²) in [7, 11) is -14.9. The van der Waals surface area contributed by atoms with Crippen molar-refractivity contribution >= 4 is 63.6 Å². The fourth-order valence-electron chi connectivity index (χ4n) is 6.55. The number of carbonyl (C=O) groups is 1. The van der Waals surface area contributed by atoms with Gasteiger partial charge in [-0.15, -0.1) is 0 Å². The molecule has 0 aromatic carbocycles. The minimum absolute atomic E-state index is 0.0203. The third-order valence-corrected chi connectivity index (χ3v) is 13.2. The number of anilines is 2. The zero-order valence-electron chi connectivity index (χ0n) is 27.8. The molecule has 11 atom stereocenters. The predicted octanol–water partition coefficient (Wildman–Crippen LogP) is -4.70. The summed E-state index contributed by atoms with van der Waals surface area (Å²) >= 11 is 0. The zero-order valence-corrected chi connectivity index (χ0v) is 30.5. The summed E-state index contributed by atoms with van der Waals surface area (Å²) < 4.78 is 70.5. The molecule has 300 valence electrons. The van der Waals surface area contributed by atoms with Gasteiger partial charge in [0.15, 0.2) is 23.7 Å². The molecule has 1 amide bonds. The van der Waals surface area contributed by atoms with E-state index < -0.39 is 102 Å². The van der Waals surface area contributed by atoms with Crippen LogP contribution in [0.25, 0.3) is 22.3 Å². The second-order valence-electron chi connectivity index (χ2n) is 12.5. The first-order chi connectivity index (χ1) is 25.5. The molecule has 3 saturated heterocycles. The van der Waals surface area contributed by atoms with Gasteiger partial charge >= 0.3 is 29.1 Å². The first-order valence-corrected chi connectivity index (χ1v) is 19.9. The topological polar surface area (TPSA) is 418 Å². The largest absolute Gasteiger partial charge is 0.490 e. The number of likely N-dealkylation sites (N-methyl/N-ethyl adjacent to an activating group) is 1. The number of H-pyrrole nitrogens is 2. The molecule has 7 heterocycles. The number of nitrogens with zero attached hydrogens (tertiary/aromatic N) is 7. The van der Waals surface area contributed by atoms with Crippen LogP contribution in [0, 0.1) is 0 Å². The van der Waals surface area contributed by atoms with Crippen LogP contribution in [0.1, 0.15) is 12.5 Å². The predicted molar refractivity (Wildman–Crippen MR) is 173 cm³/mol. The molecule has 12 N–H and O–H groups in total. The number of rotatable bonds is 12. The Morgan fingerprint density at radius 2 is 1.58 bits per heavy atom. The Balaban J connectivity index is 0.997. The quantitative estimate of drug-likeness (QED) is 0.0473. The van der Waals surface area contributed by atoms with Crippen molar-refractivity contribution in [3.05, 3.63) is 33.4 Å². The van der Waals surface area contributed by atoms with Crippen LogP contribution in [0.15, 0.2) is 22.2 Å². The van der Waals surface area contributed by atoms with E-state index in [4.69, 9.17) is 25.5 Å². The number of aromatic amines is 2. The van der Waals surface area contributed by atoms with Crippen LogP contribution in [0.2, 0.25) is 0 Å². The van der Waals surface area contributed by atoms with Gasteiger partial charge in [-0.25, -0.2) is 23.2 Å². The molecule has 2 bridgehead atoms. The number of morpholine rings is 1. The Morgan fingerprint density at radius 1 is 0.945 bits per heavy atom. The molecule has 5 unspecified atom stereocenters. The number of aliphatic hydroxyl groups excluding tert-OH is 3. The Morgan fingerprint density at radius 3 is 2.27 bits per heavy atom. The number of aliphatic hydroxyl groups is 3. The van der Waals surface area contributed by atoms with Crippen molar-refractivity contribution in [2.24, 2.45) is 7.05 Å². The van der Waals surface area contributed by atoms with Crippen LogP contribution in [0.5, 0.6) is 0 Å². The number of aryl methyl sites for hydroxylation is 1. The molecule has 32 heteroatoms. The fraction of sp³-hybridized carbons (Fsp3) is 0.522. The van der Waals surface area contributed by atoms with Gasteiger partial charge in [0.2, 0.25) is 23.3 Å². The molecule has 0 spiro atoms. The van der Waals surface area contributed by atoms with E-state index in [1.54, 1.807) is 0 Å². The lowest BCUT2D eigenvalue weighted by molar-refractivity contribution is -0.746. The number of aromatic nitrogens is 8. The summed E-state index contributed by atoms with van der Waals surface area (Å²) in [6.45, 7) is -2.41. The van der Waals surface area contributed by atoms with E-state index >= 15 is 0 Å². The van der Waals surface area contributed by atoms with Crippen molar-refractivity contribution < 1.29 is 80.2 Å². The number of carbonyl (C=O) groups excluding carboxylic acids is 1. The molecule has 29 nitrogen and oxygen atoms in total. The van der Waals surface area contributed by atoms with Crippen molar-refractivity contribution in [2.45, 2.75) is 48.5 Å². The highest BCUT2D eigenvalue weighted by molar-refractivity contribution is 7.66. The Kier molecular flexibility index (Phi) is 9.48. The minimum Gasteiger partial charge on any atom is -0.387 e. The van der Waals surface area contributed by atoms with E-state index in [2.05, 4.69) is 38.1 Å². The molecule has 3 aliphatic heterocycles. The van der Waals surface area contributed by atoms with E-state index in [9.17, 15) is 58.1 Å². The smallest absolute Gasteiger partial charge is 0.387 e. The molecule has 0 radical (unpaired) electrons. The number of imidazole rings is 2. The summed E-state index contributed by atoms with van der Waals surface area (Å²) in [6.07, 6.45) is -7.45. The maximum atomic E-state index is 13.2. The summed E-state index contributed by atoms with van der Waals surface area (Å²) in [6, 6.07) is -1.20. The maximum Gasteiger partial charge on any atom is 0.490 e. The lowest BCUT2D eigenvalue weighted by atomic mass is 10.00. The third-order valence-electron chi connectivity index (χ3n) is 8.94. The molecule has 4 aromatic rings. The van der Waals surface area contributed by atoms with E-state index in [1.165, 1.54) is 29.6 Å². The highest BCUT2D eigenvalue weighted by atomic mass is 31.3. The van der Waals surface area contributed by atoms with Crippen LogP contribution in [-0.4, -0.2) is 131 Å². The normalized spacial score (nSPS) is 31.3. The van der Waals surface area contributed by atoms with E-state index in [1.807, 2.05) is 0 Å². The number of nitrogens with two attached hydrogens (primary N) is 2. The monoisotopic (exact) mass is 842 g/mol. The number of amides is 1. The van der Waals surface area contributed by atoms with Crippen molar-refractivity contribution in [1.29, 1.82) is 0 Å². The van der Waals surface area contributed by atoms with Gasteiger partial charge in [-0.3, -0.25) is 42.5 Å². The SMILES string of the molecule is CN1C(=O)[C@]2(COP(=O)(O)OP(=O)(O)OP(=O)(O)OC[C@H]3O[C@@H](n4cnc5c(=O)[nH]c(N)nc54)[C@@H](O)C3O)O[C@@H]([n+]3cn(C)c4c(=O)[nH]c(N)nc43)C1[C@H]2O. The lowest BCUT2D eigenvalue weighted by Crippen LogP contribution is -2.57. The average molecular weight is 842 g/mol. The fourth-order valence-corrected chi connectivity index (χ4v) is 10.1. The second kappa shape index (κ2) is 13.3. The van der Waals surface area contributed by atoms with Gasteiger partial charge < -0.3 is 55.8 Å². The Bertz CT molecular complexity index is 2490. The van der Waals surface area contributed by atoms with Crippen LogP contribution in [-0.2, 0) is 52.7 Å². The van der Waals surface area contributed by atoms with Gasteiger partial charge in [-0.05, 0) is 0 Å². The van der Waals surface area contributed by atoms with E-state index in [0.717, 1.165) is 15.8 Å². The van der Waals surface area contributed by atoms with E-state index in [0.29, 0.717) is 0 Å². The third kappa shape index (κ3) is 6.71. The zero-order chi connectivity index (χ0) is 40.2. The summed E-state index contributed by atoms with van der Waals surface area (Å²) in [5.74, 6) is -1.54. The lowest BCUT2D eigenvalue weighted by Gasteiger charge is -2.33. The van der Waals surface area contributed by atoms with Crippen molar-refractivity contribution in [1.82, 2.24) is 39.0 Å². The number of nitrogens with one attached hydrogen (secondary N) is 2. The summed E-state index contributed by atoms with van der Waals surface area (Å²) in [5.41, 5.74) is 7.10. The van der Waals surface area contributed by atoms with Crippen molar-refractivity contribution in [2.75, 3.05) is 31.7 Å². The number of hydrogen-bond donors (Lipinski definition) is 10. The van der Waals surface area contributed by atoms with Gasteiger partial charge in [-0.1, -0.05) is 4.98 Å². The van der Waals surface area contributed by atoms with Crippen molar-refractivity contribution in [3.8, 4) is 0 Å². The van der Waals surface area contributed by atoms with E-state index in [-0.39, 0.29) is 34.2 Å². The van der Waals surface area contributed by atoms with Gasteiger partial charge in [-0.2, -0.15) is 13.6 Å². The van der Waals surface area contributed by atoms with Crippen LogP contribution in [0.4, 0.5) is 11.9 Å². The van der Waals surface area contributed by atoms with Gasteiger partial charge in [0.25, 0.3) is 23.0 Å². The maximum absolute atomic E-state index is 13.2. The van der Waals surface area contributed by atoms with Gasteiger partial charge in [0.05, 0.1) is 26.6 Å². The minimum atomic E-state index is -6.08. The number of nitrogen functional groups attached to an aromatic ring is 2. The summed E-state index contributed by atoms with van der Waals surface area (Å²) in [5, 5.41) is 32.2. The molecule has 0 aliphatic carbocycles. The molecule has 3 fully saturated rings. The average Bonchev–Trinajstić information content (AvgIpc) is 3.82. The molecular weight excluding hydrogens is 811 g/mol. The van der Waals surface area contributed by atoms with Crippen LogP contribution in [0.3, 0.4) is 0 Å². The van der Waals surface area contributed by atoms with Crippen LogP contribution < -0.4 is 27.2 Å². The number of likely N-dealkylation sites (tertiary alicyclic amines) is 1. The Hall–Kier alpha value is -4.02. The highest BCUT2D eigenvalue weighted by Gasteiger charge is 2.71. The second-order valence-corrected chi connectivity index (χ2v) is 17.1. The number of hydrogen-bond acceptors (Lipinski definition) is 20. The molecular formula is C23H31N11O18P3+. The van der Waals surface area contributed by atoms with Crippen LogP contribution >= 0.6 is 23.5 Å². The molecule has 7 rings (SSSR count). The van der Waals surface area contributed by atoms with Crippen molar-refractivity contribution in [3.63, 3.8) is 0 Å². The Labute approximate surface area is 303 Å². The first kappa shape index (κ1) is 39.2. The number of phosphoric ester groups is 2. The standard InChI is InChI=1S/C23H30N11O18P3/c1-31-6-34(15-10(31)17(39)30-22(25)28-15)18-9-13(37)23(50-18,20(40)32(9)2)4-48-54(43,44)52-55(45,46)51-53(41,42)47-3-7-11(35)12(36)19(49-7)33-5-26-8-14(33)27-21(24)29-16(8)38/h5-7,9,11-13,18-19,35-37H,3-4H2,1-2H3,(H8-,24,25,27,28,29,30,38,39,41,42,43,44,45,46)/p+1/t7-,9?,11?,12+,13-,18-,19-,23-/m1/s1. The number of ether oxygens (including phenoxy) is 2. The molecule has 4 aromatic heterocycles. The molecule has 3 aliphatic rings. The summed E-state index contributed by atoms with van der Waals surface area (Å²) in [4.78, 5) is 85.7. The highest BCUT2D eigenvalue weighted by Crippen LogP contribution is 2.68. The van der Waals surface area contributed by atoms with Gasteiger partial charge in [0.1, 0.15) is 30.5 Å². The molecule has 55 heavy (non-hydrogen) atoms. The number of fused-ring (bicyclic) bond motifs is 4. The van der Waals surface area contributed by atoms with Gasteiger partial charge in [0, 0.05) is 7.05 Å². The molecule has 0 saturated carbocycles. The number of phosphoric acid groups is 3. The first-order valence-electron chi connectivity index (χ1n) is 15.4.